The highest BCUT2D eigenvalue weighted by atomic mass is 16.6. The highest BCUT2D eigenvalue weighted by molar-refractivity contribution is 6.39. The van der Waals surface area contributed by atoms with Crippen molar-refractivity contribution in [3.05, 3.63) is 47.6 Å². The van der Waals surface area contributed by atoms with E-state index in [2.05, 4.69) is 6.92 Å². The van der Waals surface area contributed by atoms with Gasteiger partial charge in [-0.1, -0.05) is 76.6 Å². The Morgan fingerprint density at radius 2 is 1.56 bits per heavy atom. The molecule has 1 aliphatic carbocycles. The van der Waals surface area contributed by atoms with Crippen LogP contribution < -0.4 is 0 Å². The first kappa shape index (κ1) is 57.2. The summed E-state index contributed by atoms with van der Waals surface area (Å²) < 4.78 is 35.6. The van der Waals surface area contributed by atoms with Crippen LogP contribution in [0.2, 0.25) is 0 Å². The van der Waals surface area contributed by atoms with Gasteiger partial charge in [-0.3, -0.25) is 24.1 Å². The van der Waals surface area contributed by atoms with E-state index in [1.807, 2.05) is 64.2 Å². The van der Waals surface area contributed by atoms with E-state index in [1.165, 1.54) is 7.11 Å². The highest BCUT2D eigenvalue weighted by Crippen LogP contribution is 2.38. The second-order valence-corrected chi connectivity index (χ2v) is 20.2. The summed E-state index contributed by atoms with van der Waals surface area (Å²) in [4.78, 5) is 71.8. The van der Waals surface area contributed by atoms with Gasteiger partial charge in [0, 0.05) is 58.3 Å². The number of esters is 1. The summed E-state index contributed by atoms with van der Waals surface area (Å²) in [6, 6.07) is -1.38. The lowest BCUT2D eigenvalue weighted by Crippen LogP contribution is -2.62. The maximum Gasteiger partial charge on any atom is 0.329 e. The number of allylic oxidation sites excluding steroid dienone is 6. The number of Topliss-reactive ketones (excluding diaryl/α,β-unsaturated/α-hetero) is 3. The number of piperidine rings is 1. The van der Waals surface area contributed by atoms with E-state index in [1.54, 1.807) is 28.1 Å². The number of carbonyl (C=O) groups is 5. The first-order chi connectivity index (χ1) is 32.3. The van der Waals surface area contributed by atoms with Crippen LogP contribution in [0.3, 0.4) is 0 Å². The molecule has 11 unspecified atom stereocenters. The van der Waals surface area contributed by atoms with E-state index in [0.29, 0.717) is 51.4 Å². The Labute approximate surface area is 405 Å². The van der Waals surface area contributed by atoms with Gasteiger partial charge in [0.15, 0.2) is 5.78 Å². The van der Waals surface area contributed by atoms with Crippen molar-refractivity contribution in [3.63, 3.8) is 0 Å². The van der Waals surface area contributed by atoms with Gasteiger partial charge in [-0.15, -0.1) is 0 Å². The van der Waals surface area contributed by atoms with Crippen LogP contribution in [0, 0.1) is 35.5 Å². The van der Waals surface area contributed by atoms with Gasteiger partial charge in [0.2, 0.25) is 5.79 Å². The monoisotopic (exact) mass is 958 g/mol. The molecule has 4 aliphatic rings. The van der Waals surface area contributed by atoms with Gasteiger partial charge in [0.05, 0.1) is 37.6 Å². The fourth-order valence-corrected chi connectivity index (χ4v) is 10.5. The Morgan fingerprint density at radius 3 is 2.24 bits per heavy atom. The third kappa shape index (κ3) is 15.5. The number of hydrogen-bond acceptors (Lipinski definition) is 14. The number of methoxy groups -OCH3 is 3. The molecule has 1 amide bonds. The number of hydrogen-bond donors (Lipinski definition) is 3. The third-order valence-electron chi connectivity index (χ3n) is 14.8. The standard InChI is InChI=1S/C53H83NO14/c1-32-15-12-11-13-16-34(3)44(63-8)30-40-21-19-38(7)53(62,68-40)50(59)51(60)54-41(17-14-18-48(54)57)52(61)67-45(36(5)28-39-20-22-43(66-24-23-55)46(29-39)64-9)31-42(56)35(4)26-33(2)27-47(65-10)49(58)37(6)25-32/h11-13,15-16,26,32,35-41,43-48,55,57,62H,14,17-25,27-31H2,1-10H3/b13-11+,15-12+,33-26+,34-16+/t32?,35?,36-,37?,38?,39+,40?,41?,43-,44?,45?,46-,47?,48?,53?/m1/s1. The minimum absolute atomic E-state index is 0.0226. The first-order valence-electron chi connectivity index (χ1n) is 25.0. The molecule has 3 N–H and O–H groups in total. The zero-order chi connectivity index (χ0) is 50.3. The minimum atomic E-state index is -2.54. The lowest BCUT2D eigenvalue weighted by Gasteiger charge is -2.43. The Hall–Kier alpha value is -3.41. The van der Waals surface area contributed by atoms with E-state index < -0.39 is 72.0 Å². The molecule has 384 valence electrons. The lowest BCUT2D eigenvalue weighted by molar-refractivity contribution is -0.266. The van der Waals surface area contributed by atoms with Crippen molar-refractivity contribution in [2.24, 2.45) is 35.5 Å². The number of rotatable bonds is 9. The van der Waals surface area contributed by atoms with Crippen molar-refractivity contribution < 1.29 is 67.7 Å². The molecule has 2 bridgehead atoms. The summed E-state index contributed by atoms with van der Waals surface area (Å²) >= 11 is 0. The fraction of sp³-hybridized carbons (Fsp3) is 0.755. The van der Waals surface area contributed by atoms with Crippen LogP contribution in [0.4, 0.5) is 0 Å². The summed E-state index contributed by atoms with van der Waals surface area (Å²) in [5.74, 6) is -7.99. The predicted octanol–water partition coefficient (Wildman–Crippen LogP) is 6.54. The summed E-state index contributed by atoms with van der Waals surface area (Å²) in [5, 5.41) is 32.7. The van der Waals surface area contributed by atoms with Crippen LogP contribution in [-0.2, 0) is 52.4 Å². The molecule has 1 saturated carbocycles. The Kier molecular flexibility index (Phi) is 22.9. The molecule has 15 heteroatoms. The number of ketones is 3. The van der Waals surface area contributed by atoms with Crippen molar-refractivity contribution in [2.45, 2.75) is 187 Å². The summed E-state index contributed by atoms with van der Waals surface area (Å²) in [6.45, 7) is 13.1. The molecule has 3 fully saturated rings. The lowest BCUT2D eigenvalue weighted by atomic mass is 9.78. The number of ether oxygens (including phenoxy) is 6. The quantitative estimate of drug-likeness (QED) is 0.128. The number of amides is 1. The summed E-state index contributed by atoms with van der Waals surface area (Å²) in [5.41, 5.74) is 1.67. The Morgan fingerprint density at radius 1 is 0.838 bits per heavy atom. The minimum Gasteiger partial charge on any atom is -0.460 e. The number of carbonyl (C=O) groups excluding carboxylic acids is 5. The molecular formula is C53H83NO14. The second-order valence-electron chi connectivity index (χ2n) is 20.2. The molecule has 0 radical (unpaired) electrons. The second kappa shape index (κ2) is 27.3. The van der Waals surface area contributed by atoms with Gasteiger partial charge in [-0.25, -0.2) is 4.79 Å². The summed E-state index contributed by atoms with van der Waals surface area (Å²) in [6.07, 6.45) is 11.9. The van der Waals surface area contributed by atoms with Crippen LogP contribution in [0.15, 0.2) is 47.6 Å². The van der Waals surface area contributed by atoms with Gasteiger partial charge in [0.25, 0.3) is 11.7 Å². The smallest absolute Gasteiger partial charge is 0.329 e. The van der Waals surface area contributed by atoms with Crippen LogP contribution in [0.25, 0.3) is 0 Å². The molecule has 2 saturated heterocycles. The molecule has 0 aromatic carbocycles. The van der Waals surface area contributed by atoms with Gasteiger partial charge >= 0.3 is 5.97 Å². The fourth-order valence-electron chi connectivity index (χ4n) is 10.5. The topological polar surface area (TPSA) is 205 Å². The molecule has 0 spiro atoms. The van der Waals surface area contributed by atoms with Gasteiger partial charge < -0.3 is 43.7 Å². The van der Waals surface area contributed by atoms with Crippen molar-refractivity contribution in [1.29, 1.82) is 0 Å². The number of aliphatic hydroxyl groups excluding tert-OH is 2. The molecule has 15 nitrogen and oxygen atoms in total. The first-order valence-corrected chi connectivity index (χ1v) is 25.0. The van der Waals surface area contributed by atoms with Gasteiger partial charge in [0.1, 0.15) is 30.3 Å². The molecular weight excluding hydrogens is 875 g/mol. The SMILES string of the molecule is COC1C/C(C)=C/C(C)C(=O)CC([C@H](C)C[C@@H]2CC[C@@H](OCCO)[C@H](OC)C2)OC(=O)C2CCCC(O)N2C(=O)C(=O)C2(O)OC(CCC2C)CC(OC)/C(C)=C/C=C/C=C/C(C)CC(C)C1=O. The van der Waals surface area contributed by atoms with Crippen molar-refractivity contribution in [3.8, 4) is 0 Å². The molecule has 3 aliphatic heterocycles. The maximum atomic E-state index is 14.5. The van der Waals surface area contributed by atoms with Gasteiger partial charge in [-0.05, 0) is 101 Å². The molecule has 0 aromatic heterocycles. The highest BCUT2D eigenvalue weighted by Gasteiger charge is 2.54. The third-order valence-corrected chi connectivity index (χ3v) is 14.8. The molecule has 4 rings (SSSR count). The summed E-state index contributed by atoms with van der Waals surface area (Å²) in [7, 11) is 4.70. The van der Waals surface area contributed by atoms with Crippen LogP contribution in [0.1, 0.15) is 132 Å². The van der Waals surface area contributed by atoms with E-state index >= 15 is 0 Å². The van der Waals surface area contributed by atoms with Crippen LogP contribution in [-0.4, -0.2) is 139 Å². The van der Waals surface area contributed by atoms with E-state index in [0.717, 1.165) is 22.5 Å². The van der Waals surface area contributed by atoms with E-state index in [-0.39, 0.29) is 86.3 Å². The van der Waals surface area contributed by atoms with Crippen molar-refractivity contribution in [1.82, 2.24) is 4.90 Å². The van der Waals surface area contributed by atoms with Crippen molar-refractivity contribution >= 4 is 29.2 Å². The number of aliphatic hydroxyl groups is 3. The van der Waals surface area contributed by atoms with E-state index in [4.69, 9.17) is 28.4 Å². The van der Waals surface area contributed by atoms with Crippen LogP contribution in [0.5, 0.6) is 0 Å². The van der Waals surface area contributed by atoms with Gasteiger partial charge in [-0.2, -0.15) is 0 Å². The Balaban J connectivity index is 1.70. The van der Waals surface area contributed by atoms with Crippen LogP contribution >= 0.6 is 0 Å². The largest absolute Gasteiger partial charge is 0.460 e. The number of cyclic esters (lactones) is 1. The molecule has 15 atom stereocenters. The zero-order valence-corrected chi connectivity index (χ0v) is 42.4. The average Bonchev–Trinajstić information content (AvgIpc) is 3.31. The maximum absolute atomic E-state index is 14.5. The number of fused-ring (bicyclic) bond motifs is 3. The zero-order valence-electron chi connectivity index (χ0n) is 42.4. The van der Waals surface area contributed by atoms with E-state index in [9.17, 15) is 39.3 Å². The molecule has 3 heterocycles. The van der Waals surface area contributed by atoms with Crippen molar-refractivity contribution in [2.75, 3.05) is 34.5 Å². The average molecular weight is 958 g/mol. The number of nitrogens with zero attached hydrogens (tertiary/aromatic N) is 1. The molecule has 0 aromatic rings. The normalized spacial score (nSPS) is 39.2. The Bertz CT molecular complexity index is 1810. The molecule has 68 heavy (non-hydrogen) atoms. The predicted molar refractivity (Wildman–Crippen MR) is 256 cm³/mol.